The topological polar surface area (TPSA) is 68.1 Å². The number of likely N-dealkylation sites (tertiary alicyclic amines) is 3. The van der Waals surface area contributed by atoms with Gasteiger partial charge in [-0.15, -0.1) is 0 Å². The van der Waals surface area contributed by atoms with Crippen molar-refractivity contribution < 1.29 is 18.0 Å². The van der Waals surface area contributed by atoms with E-state index < -0.39 is 17.4 Å². The van der Waals surface area contributed by atoms with E-state index >= 15 is 0 Å². The van der Waals surface area contributed by atoms with Crippen LogP contribution in [0.4, 0.5) is 29.3 Å². The quantitative estimate of drug-likeness (QED) is 0.317. The standard InChI is InChI=1S/C34H46ClF3N6O/c35-30-20-25(19-29(32(30)39)34(36,37)38)18-24(21-42-22-28(23-42)43-12-4-1-5-13-43)8-14-41-15-10-27(11-16-41)44-17-9-26-6-2-3-7-31(26)40-33(44)45/h2-3,6-7,19-20,24,27-28H,1,4-5,8-18,21-23,39H2,(H,40,45)/t24-/m1/s1. The molecule has 11 heteroatoms. The minimum atomic E-state index is -4.55. The van der Waals surface area contributed by atoms with Crippen LogP contribution in [0, 0.1) is 5.92 Å². The van der Waals surface area contributed by atoms with E-state index in [-0.39, 0.29) is 23.0 Å². The first kappa shape index (κ1) is 32.4. The molecular formula is C34H46ClF3N6O. The summed E-state index contributed by atoms with van der Waals surface area (Å²) in [5.74, 6) is 0.195. The van der Waals surface area contributed by atoms with Gasteiger partial charge in [-0.05, 0) is 99.8 Å². The van der Waals surface area contributed by atoms with E-state index in [1.54, 1.807) is 6.07 Å². The highest BCUT2D eigenvalue weighted by Crippen LogP contribution is 2.38. The number of urea groups is 1. The predicted octanol–water partition coefficient (Wildman–Crippen LogP) is 6.21. The van der Waals surface area contributed by atoms with Crippen LogP contribution in [0.25, 0.3) is 0 Å². The molecule has 7 nitrogen and oxygen atoms in total. The summed E-state index contributed by atoms with van der Waals surface area (Å²) in [5.41, 5.74) is 7.15. The maximum atomic E-state index is 13.7. The van der Waals surface area contributed by atoms with Gasteiger partial charge in [0.25, 0.3) is 0 Å². The molecule has 3 fully saturated rings. The van der Waals surface area contributed by atoms with Crippen molar-refractivity contribution in [2.24, 2.45) is 5.92 Å². The molecule has 0 saturated carbocycles. The Bertz CT molecular complexity index is 1320. The fourth-order valence-corrected chi connectivity index (χ4v) is 7.99. The second kappa shape index (κ2) is 14.1. The Hall–Kier alpha value is -2.53. The highest BCUT2D eigenvalue weighted by atomic mass is 35.5. The summed E-state index contributed by atoms with van der Waals surface area (Å²) in [5, 5.41) is 3.06. The maximum absolute atomic E-state index is 13.7. The molecule has 0 aliphatic carbocycles. The molecule has 0 aromatic heterocycles. The van der Waals surface area contributed by atoms with Crippen LogP contribution in [0.15, 0.2) is 36.4 Å². The van der Waals surface area contributed by atoms with Gasteiger partial charge in [0.2, 0.25) is 0 Å². The molecule has 246 valence electrons. The lowest BCUT2D eigenvalue weighted by molar-refractivity contribution is -0.137. The number of nitrogens with one attached hydrogen (secondary N) is 1. The van der Waals surface area contributed by atoms with Gasteiger partial charge >= 0.3 is 12.2 Å². The number of para-hydroxylation sites is 1. The molecule has 2 amide bonds. The zero-order chi connectivity index (χ0) is 31.6. The van der Waals surface area contributed by atoms with Crippen LogP contribution in [-0.2, 0) is 19.0 Å². The number of fused-ring (bicyclic) bond motifs is 1. The average Bonchev–Trinajstić information content (AvgIpc) is 3.17. The smallest absolute Gasteiger partial charge is 0.397 e. The SMILES string of the molecule is Nc1c(Cl)cc(C[C@@H](CCN2CCC(N3CCc4ccccc4NC3=O)CC2)CN2CC(N3CCCCC3)C2)cc1C(F)(F)F. The van der Waals surface area contributed by atoms with Gasteiger partial charge in [0, 0.05) is 57.0 Å². The van der Waals surface area contributed by atoms with Crippen LogP contribution in [0.1, 0.15) is 55.2 Å². The molecular weight excluding hydrogens is 601 g/mol. The van der Waals surface area contributed by atoms with Crippen LogP contribution in [-0.4, -0.2) is 96.6 Å². The maximum Gasteiger partial charge on any atom is 0.418 e. The number of rotatable bonds is 9. The summed E-state index contributed by atoms with van der Waals surface area (Å²) in [4.78, 5) is 22.6. The lowest BCUT2D eigenvalue weighted by Crippen LogP contribution is -2.61. The van der Waals surface area contributed by atoms with E-state index in [9.17, 15) is 18.0 Å². The molecule has 0 radical (unpaired) electrons. The molecule has 0 unspecified atom stereocenters. The summed E-state index contributed by atoms with van der Waals surface area (Å²) >= 11 is 6.20. The third-order valence-corrected chi connectivity index (χ3v) is 10.7. The molecule has 0 spiro atoms. The number of carbonyl (C=O) groups is 1. The normalized spacial score (nSPS) is 22.0. The summed E-state index contributed by atoms with van der Waals surface area (Å²) in [6, 6.07) is 11.6. The minimum absolute atomic E-state index is 0.0174. The van der Waals surface area contributed by atoms with Crippen LogP contribution in [0.2, 0.25) is 5.02 Å². The number of nitrogen functional groups attached to an aromatic ring is 1. The molecule has 2 aromatic rings. The van der Waals surface area contributed by atoms with Gasteiger partial charge in [-0.3, -0.25) is 9.80 Å². The van der Waals surface area contributed by atoms with Gasteiger partial charge in [-0.1, -0.05) is 36.2 Å². The van der Waals surface area contributed by atoms with Crippen molar-refractivity contribution >= 4 is 29.0 Å². The molecule has 45 heavy (non-hydrogen) atoms. The molecule has 3 saturated heterocycles. The van der Waals surface area contributed by atoms with Crippen LogP contribution >= 0.6 is 11.6 Å². The zero-order valence-electron chi connectivity index (χ0n) is 26.0. The fraction of sp³-hybridized carbons (Fsp3) is 0.618. The fourth-order valence-electron chi connectivity index (χ4n) is 7.75. The van der Waals surface area contributed by atoms with Gasteiger partial charge in [0.1, 0.15) is 0 Å². The Morgan fingerprint density at radius 1 is 0.956 bits per heavy atom. The summed E-state index contributed by atoms with van der Waals surface area (Å²) < 4.78 is 41.2. The molecule has 2 aromatic carbocycles. The lowest BCUT2D eigenvalue weighted by atomic mass is 9.91. The van der Waals surface area contributed by atoms with Crippen molar-refractivity contribution in [3.05, 3.63) is 58.1 Å². The first-order valence-corrected chi connectivity index (χ1v) is 17.0. The predicted molar refractivity (Wildman–Crippen MR) is 174 cm³/mol. The average molecular weight is 647 g/mol. The van der Waals surface area contributed by atoms with Crippen LogP contribution in [0.5, 0.6) is 0 Å². The van der Waals surface area contributed by atoms with Crippen molar-refractivity contribution in [3.63, 3.8) is 0 Å². The molecule has 4 aliphatic rings. The molecule has 0 bridgehead atoms. The molecule has 6 rings (SSSR count). The molecule has 1 atom stereocenters. The van der Waals surface area contributed by atoms with Crippen LogP contribution in [0.3, 0.4) is 0 Å². The van der Waals surface area contributed by atoms with Gasteiger partial charge in [0.05, 0.1) is 16.3 Å². The van der Waals surface area contributed by atoms with Gasteiger partial charge in [-0.2, -0.15) is 13.2 Å². The van der Waals surface area contributed by atoms with E-state index in [1.807, 2.05) is 23.1 Å². The number of nitrogens with two attached hydrogens (primary N) is 1. The number of benzene rings is 2. The number of alkyl halides is 3. The number of amides is 2. The number of anilines is 2. The van der Waals surface area contributed by atoms with Crippen molar-refractivity contribution in [3.8, 4) is 0 Å². The Balaban J connectivity index is 1.05. The third kappa shape index (κ3) is 7.89. The first-order chi connectivity index (χ1) is 21.6. The Labute approximate surface area is 269 Å². The highest BCUT2D eigenvalue weighted by Gasteiger charge is 2.36. The zero-order valence-corrected chi connectivity index (χ0v) is 26.8. The number of hydrogen-bond acceptors (Lipinski definition) is 5. The summed E-state index contributed by atoms with van der Waals surface area (Å²) in [6.07, 6.45) is 3.40. The van der Waals surface area contributed by atoms with Crippen molar-refractivity contribution in [1.82, 2.24) is 19.6 Å². The van der Waals surface area contributed by atoms with Gasteiger partial charge < -0.3 is 20.9 Å². The van der Waals surface area contributed by atoms with Crippen LogP contribution < -0.4 is 11.1 Å². The second-order valence-corrected chi connectivity index (χ2v) is 13.9. The number of halogens is 4. The van der Waals surface area contributed by atoms with E-state index in [0.717, 1.165) is 70.6 Å². The first-order valence-electron chi connectivity index (χ1n) is 16.6. The van der Waals surface area contributed by atoms with Crippen molar-refractivity contribution in [2.45, 2.75) is 69.6 Å². The van der Waals surface area contributed by atoms with E-state index in [4.69, 9.17) is 17.3 Å². The third-order valence-electron chi connectivity index (χ3n) is 10.4. The Morgan fingerprint density at radius 2 is 1.69 bits per heavy atom. The second-order valence-electron chi connectivity index (χ2n) is 13.5. The summed E-state index contributed by atoms with van der Waals surface area (Å²) in [6.45, 7) is 8.67. The molecule has 3 N–H and O–H groups in total. The lowest BCUT2D eigenvalue weighted by Gasteiger charge is -2.48. The van der Waals surface area contributed by atoms with E-state index in [2.05, 4.69) is 26.1 Å². The highest BCUT2D eigenvalue weighted by molar-refractivity contribution is 6.33. The molecule has 4 aliphatic heterocycles. The van der Waals surface area contributed by atoms with Gasteiger partial charge in [-0.25, -0.2) is 4.79 Å². The number of carbonyl (C=O) groups excluding carboxylic acids is 1. The van der Waals surface area contributed by atoms with Crippen molar-refractivity contribution in [2.75, 3.05) is 70.0 Å². The van der Waals surface area contributed by atoms with E-state index in [0.29, 0.717) is 24.6 Å². The number of piperidine rings is 2. The monoisotopic (exact) mass is 646 g/mol. The Morgan fingerprint density at radius 3 is 2.42 bits per heavy atom. The Kier molecular flexibility index (Phi) is 10.1. The van der Waals surface area contributed by atoms with E-state index in [1.165, 1.54) is 44.0 Å². The minimum Gasteiger partial charge on any atom is -0.397 e. The van der Waals surface area contributed by atoms with Crippen molar-refractivity contribution in [1.29, 1.82) is 0 Å². The van der Waals surface area contributed by atoms with Gasteiger partial charge in [0.15, 0.2) is 0 Å². The number of hydrogen-bond donors (Lipinski definition) is 2. The molecule has 4 heterocycles. The largest absolute Gasteiger partial charge is 0.418 e. The number of nitrogens with zero attached hydrogens (tertiary/aromatic N) is 4. The summed E-state index contributed by atoms with van der Waals surface area (Å²) in [7, 11) is 0.